The topological polar surface area (TPSA) is 44.5 Å². The van der Waals surface area contributed by atoms with Crippen LogP contribution in [0.5, 0.6) is 5.75 Å². The van der Waals surface area contributed by atoms with Crippen LogP contribution in [0.4, 0.5) is 0 Å². The van der Waals surface area contributed by atoms with Gasteiger partial charge >= 0.3 is 0 Å². The number of benzene rings is 1. The van der Waals surface area contributed by atoms with Crippen molar-refractivity contribution < 1.29 is 9.47 Å². The summed E-state index contributed by atoms with van der Waals surface area (Å²) in [4.78, 5) is 0. The summed E-state index contributed by atoms with van der Waals surface area (Å²) in [6.07, 6.45) is 1.88. The summed E-state index contributed by atoms with van der Waals surface area (Å²) in [6, 6.07) is 5.96. The Bertz CT molecular complexity index is 394. The summed E-state index contributed by atoms with van der Waals surface area (Å²) in [5, 5.41) is 0. The summed E-state index contributed by atoms with van der Waals surface area (Å²) in [5.74, 6) is 0.819. The molecule has 18 heavy (non-hydrogen) atoms. The second kappa shape index (κ2) is 6.37. The van der Waals surface area contributed by atoms with Gasteiger partial charge in [-0.05, 0) is 50.4 Å². The molecule has 0 radical (unpaired) electrons. The molecule has 3 atom stereocenters. The first kappa shape index (κ1) is 14.3. The van der Waals surface area contributed by atoms with Gasteiger partial charge in [0.05, 0.1) is 8.95 Å². The van der Waals surface area contributed by atoms with E-state index in [2.05, 4.69) is 38.8 Å². The lowest BCUT2D eigenvalue weighted by Crippen LogP contribution is -2.59. The van der Waals surface area contributed by atoms with Crippen LogP contribution in [0.25, 0.3) is 0 Å². The normalized spacial score (nSPS) is 26.8. The van der Waals surface area contributed by atoms with Crippen LogP contribution in [0.2, 0.25) is 0 Å². The lowest BCUT2D eigenvalue weighted by molar-refractivity contribution is -0.0984. The van der Waals surface area contributed by atoms with Gasteiger partial charge in [-0.15, -0.1) is 0 Å². The van der Waals surface area contributed by atoms with Gasteiger partial charge in [0, 0.05) is 19.1 Å². The molecule has 1 aliphatic carbocycles. The fraction of sp³-hybridized carbons (Fsp3) is 0.538. The van der Waals surface area contributed by atoms with Crippen molar-refractivity contribution in [3.05, 3.63) is 27.1 Å². The third-order valence-corrected chi connectivity index (χ3v) is 4.24. The molecular formula is C13H17Br2NO2. The van der Waals surface area contributed by atoms with Gasteiger partial charge in [-0.25, -0.2) is 0 Å². The molecule has 3 nitrogen and oxygen atoms in total. The van der Waals surface area contributed by atoms with Crippen LogP contribution < -0.4 is 10.5 Å². The van der Waals surface area contributed by atoms with E-state index in [0.29, 0.717) is 0 Å². The third-order valence-electron chi connectivity index (χ3n) is 3.00. The first-order valence-corrected chi connectivity index (χ1v) is 7.70. The number of nitrogens with two attached hydrogens (primary N) is 1. The van der Waals surface area contributed by atoms with Crippen molar-refractivity contribution in [1.29, 1.82) is 0 Å². The minimum absolute atomic E-state index is 0.00366. The van der Waals surface area contributed by atoms with Crippen LogP contribution >= 0.6 is 31.9 Å². The molecule has 5 heteroatoms. The number of para-hydroxylation sites is 1. The zero-order chi connectivity index (χ0) is 13.1. The second-order valence-electron chi connectivity index (χ2n) is 4.44. The monoisotopic (exact) mass is 377 g/mol. The van der Waals surface area contributed by atoms with Gasteiger partial charge in [-0.1, -0.05) is 13.0 Å². The molecule has 2 rings (SSSR count). The van der Waals surface area contributed by atoms with E-state index in [-0.39, 0.29) is 18.2 Å². The number of halogens is 2. The van der Waals surface area contributed by atoms with E-state index >= 15 is 0 Å². The molecule has 1 fully saturated rings. The lowest BCUT2D eigenvalue weighted by atomic mass is 9.86. The van der Waals surface area contributed by atoms with Gasteiger partial charge in [0.2, 0.25) is 0 Å². The molecule has 3 unspecified atom stereocenters. The van der Waals surface area contributed by atoms with Crippen molar-refractivity contribution in [2.45, 2.75) is 38.0 Å². The maximum atomic E-state index is 5.99. The van der Waals surface area contributed by atoms with Crippen LogP contribution in [-0.4, -0.2) is 24.9 Å². The van der Waals surface area contributed by atoms with Gasteiger partial charge in [0.1, 0.15) is 18.0 Å². The third kappa shape index (κ3) is 3.07. The first-order chi connectivity index (χ1) is 8.63. The summed E-state index contributed by atoms with van der Waals surface area (Å²) < 4.78 is 13.6. The Morgan fingerprint density at radius 3 is 2.56 bits per heavy atom. The zero-order valence-corrected chi connectivity index (χ0v) is 13.4. The van der Waals surface area contributed by atoms with E-state index in [9.17, 15) is 0 Å². The Morgan fingerprint density at radius 2 is 2.00 bits per heavy atom. The van der Waals surface area contributed by atoms with E-state index in [1.807, 2.05) is 18.2 Å². The largest absolute Gasteiger partial charge is 0.485 e. The van der Waals surface area contributed by atoms with E-state index in [1.165, 1.54) is 0 Å². The highest BCUT2D eigenvalue weighted by molar-refractivity contribution is 9.11. The highest BCUT2D eigenvalue weighted by Gasteiger charge is 2.41. The Kier molecular flexibility index (Phi) is 5.06. The molecule has 0 saturated heterocycles. The summed E-state index contributed by atoms with van der Waals surface area (Å²) in [5.41, 5.74) is 5.96. The molecule has 1 aliphatic rings. The van der Waals surface area contributed by atoms with Crippen LogP contribution in [0, 0.1) is 0 Å². The van der Waals surface area contributed by atoms with Gasteiger partial charge < -0.3 is 15.2 Å². The van der Waals surface area contributed by atoms with Crippen molar-refractivity contribution >= 4 is 31.9 Å². The van der Waals surface area contributed by atoms with E-state index < -0.39 is 0 Å². The summed E-state index contributed by atoms with van der Waals surface area (Å²) in [7, 11) is 0. The zero-order valence-electron chi connectivity index (χ0n) is 10.2. The number of hydrogen-bond donors (Lipinski definition) is 1. The van der Waals surface area contributed by atoms with Crippen LogP contribution in [0.3, 0.4) is 0 Å². The smallest absolute Gasteiger partial charge is 0.148 e. The Balaban J connectivity index is 2.01. The molecular weight excluding hydrogens is 362 g/mol. The quantitative estimate of drug-likeness (QED) is 0.852. The molecule has 0 heterocycles. The lowest BCUT2D eigenvalue weighted by Gasteiger charge is -2.42. The molecule has 0 amide bonds. The average Bonchev–Trinajstić information content (AvgIpc) is 2.33. The minimum Gasteiger partial charge on any atom is -0.485 e. The number of ether oxygens (including phenoxy) is 2. The van der Waals surface area contributed by atoms with Crippen molar-refractivity contribution in [2.24, 2.45) is 5.73 Å². The summed E-state index contributed by atoms with van der Waals surface area (Å²) in [6.45, 7) is 2.82. The van der Waals surface area contributed by atoms with Crippen molar-refractivity contribution in [2.75, 3.05) is 6.61 Å². The Morgan fingerprint density at radius 1 is 1.33 bits per heavy atom. The highest BCUT2D eigenvalue weighted by Crippen LogP contribution is 2.37. The maximum Gasteiger partial charge on any atom is 0.148 e. The Labute approximate surface area is 124 Å². The molecule has 2 N–H and O–H groups in total. The van der Waals surface area contributed by atoms with Crippen molar-refractivity contribution in [3.63, 3.8) is 0 Å². The molecule has 0 aliphatic heterocycles. The molecule has 1 saturated carbocycles. The number of rotatable bonds is 5. The van der Waals surface area contributed by atoms with Gasteiger partial charge in [-0.3, -0.25) is 0 Å². The summed E-state index contributed by atoms with van der Waals surface area (Å²) >= 11 is 6.98. The maximum absolute atomic E-state index is 5.99. The fourth-order valence-electron chi connectivity index (χ4n) is 1.96. The van der Waals surface area contributed by atoms with Crippen LogP contribution in [0.15, 0.2) is 27.1 Å². The van der Waals surface area contributed by atoms with Crippen LogP contribution in [-0.2, 0) is 4.74 Å². The van der Waals surface area contributed by atoms with E-state index in [1.54, 1.807) is 0 Å². The predicted molar refractivity (Wildman–Crippen MR) is 78.9 cm³/mol. The number of hydrogen-bond acceptors (Lipinski definition) is 3. The van der Waals surface area contributed by atoms with Crippen LogP contribution in [0.1, 0.15) is 19.8 Å². The van der Waals surface area contributed by atoms with E-state index in [4.69, 9.17) is 15.2 Å². The SMILES string of the molecule is CCCOC1C(N)CC1Oc1c(Br)cccc1Br. The Hall–Kier alpha value is -0.100. The second-order valence-corrected chi connectivity index (χ2v) is 6.15. The molecule has 1 aromatic carbocycles. The molecule has 1 aromatic rings. The van der Waals surface area contributed by atoms with Gasteiger partial charge in [0.25, 0.3) is 0 Å². The van der Waals surface area contributed by atoms with Crippen molar-refractivity contribution in [3.8, 4) is 5.75 Å². The van der Waals surface area contributed by atoms with Gasteiger partial charge in [-0.2, -0.15) is 0 Å². The minimum atomic E-state index is 0.00366. The van der Waals surface area contributed by atoms with E-state index in [0.717, 1.165) is 34.1 Å². The standard InChI is InChI=1S/C13H17Br2NO2/c1-2-6-17-13-10(16)7-11(13)18-12-8(14)4-3-5-9(12)15/h3-5,10-11,13H,2,6-7,16H2,1H3. The fourth-order valence-corrected chi connectivity index (χ4v) is 3.15. The molecule has 0 aromatic heterocycles. The predicted octanol–water partition coefficient (Wildman–Crippen LogP) is 3.49. The first-order valence-electron chi connectivity index (χ1n) is 6.11. The van der Waals surface area contributed by atoms with Gasteiger partial charge in [0.15, 0.2) is 0 Å². The highest BCUT2D eigenvalue weighted by atomic mass is 79.9. The molecule has 100 valence electrons. The molecule has 0 bridgehead atoms. The average molecular weight is 379 g/mol. The van der Waals surface area contributed by atoms with Crippen molar-refractivity contribution in [1.82, 2.24) is 0 Å². The molecule has 0 spiro atoms.